The van der Waals surface area contributed by atoms with E-state index in [0.717, 1.165) is 29.7 Å². The van der Waals surface area contributed by atoms with Gasteiger partial charge in [0.1, 0.15) is 11.7 Å². The second kappa shape index (κ2) is 8.17. The number of nitrogens with zero attached hydrogens (tertiary/aromatic N) is 1. The fourth-order valence-corrected chi connectivity index (χ4v) is 4.70. The third-order valence-corrected chi connectivity index (χ3v) is 6.09. The summed E-state index contributed by atoms with van der Waals surface area (Å²) < 4.78 is 13.6. The summed E-state index contributed by atoms with van der Waals surface area (Å²) in [5.41, 5.74) is 4.10. The van der Waals surface area contributed by atoms with Crippen LogP contribution >= 0.6 is 11.6 Å². The van der Waals surface area contributed by atoms with Crippen molar-refractivity contribution in [3.8, 4) is 0 Å². The zero-order valence-corrected chi connectivity index (χ0v) is 17.3. The van der Waals surface area contributed by atoms with Crippen molar-refractivity contribution < 1.29 is 9.18 Å². The summed E-state index contributed by atoms with van der Waals surface area (Å²) >= 11 is 6.03. The molecule has 2 aromatic carbocycles. The number of likely N-dealkylation sites (N-methyl/N-ethyl adjacent to an activating group) is 1. The van der Waals surface area contributed by atoms with Crippen molar-refractivity contribution in [1.82, 2.24) is 15.2 Å². The van der Waals surface area contributed by atoms with Crippen LogP contribution in [0.5, 0.6) is 0 Å². The van der Waals surface area contributed by atoms with Gasteiger partial charge < -0.3 is 15.2 Å². The Kier molecular flexibility index (Phi) is 5.61. The molecule has 0 radical (unpaired) electrons. The minimum atomic E-state index is -0.343. The Balaban J connectivity index is 1.94. The summed E-state index contributed by atoms with van der Waals surface area (Å²) in [5, 5.41) is 4.64. The molecule has 4 rings (SSSR count). The van der Waals surface area contributed by atoms with Gasteiger partial charge in [0.15, 0.2) is 0 Å². The van der Waals surface area contributed by atoms with Crippen molar-refractivity contribution in [2.45, 2.75) is 38.4 Å². The third kappa shape index (κ3) is 3.53. The Hall–Kier alpha value is -2.37. The molecule has 2 N–H and O–H groups in total. The van der Waals surface area contributed by atoms with E-state index in [0.29, 0.717) is 0 Å². The number of hydrogen-bond donors (Lipinski definition) is 2. The number of halogens is 2. The van der Waals surface area contributed by atoms with Gasteiger partial charge in [-0.2, -0.15) is 0 Å². The van der Waals surface area contributed by atoms with E-state index in [1.165, 1.54) is 23.1 Å². The minimum Gasteiger partial charge on any atom is -0.356 e. The van der Waals surface area contributed by atoms with E-state index < -0.39 is 0 Å². The van der Waals surface area contributed by atoms with E-state index in [1.807, 2.05) is 23.1 Å². The van der Waals surface area contributed by atoms with Gasteiger partial charge in [-0.05, 0) is 49.2 Å². The number of fused-ring (bicyclic) bond motifs is 3. The van der Waals surface area contributed by atoms with Crippen LogP contribution in [-0.2, 0) is 11.2 Å². The summed E-state index contributed by atoms with van der Waals surface area (Å²) in [6.45, 7) is 4.97. The SMILES string of the molecule is CCNC(C)C1Cc2c([nH]c3ccccc23)[C@H](c2ccc(F)cc2)N1C(=O)CCl. The average molecular weight is 414 g/mol. The Bertz CT molecular complexity index is 1020. The molecule has 29 heavy (non-hydrogen) atoms. The highest BCUT2D eigenvalue weighted by atomic mass is 35.5. The van der Waals surface area contributed by atoms with Crippen LogP contribution in [0.1, 0.15) is 36.7 Å². The molecule has 0 saturated heterocycles. The monoisotopic (exact) mass is 413 g/mol. The molecule has 0 spiro atoms. The number of aromatic amines is 1. The molecule has 1 aliphatic heterocycles. The molecule has 4 nitrogen and oxygen atoms in total. The first kappa shape index (κ1) is 19.9. The number of nitrogens with one attached hydrogen (secondary N) is 2. The second-order valence-electron chi connectivity index (χ2n) is 7.57. The van der Waals surface area contributed by atoms with Crippen molar-refractivity contribution >= 4 is 28.4 Å². The molecular formula is C23H25ClFN3O. The first-order valence-corrected chi connectivity index (χ1v) is 10.5. The van der Waals surface area contributed by atoms with E-state index in [2.05, 4.69) is 30.2 Å². The number of carbonyl (C=O) groups is 1. The Morgan fingerprint density at radius 1 is 1.28 bits per heavy atom. The molecule has 0 aliphatic carbocycles. The summed E-state index contributed by atoms with van der Waals surface area (Å²) in [4.78, 5) is 18.4. The van der Waals surface area contributed by atoms with Crippen LogP contribution in [0, 0.1) is 5.82 Å². The summed E-state index contributed by atoms with van der Waals surface area (Å²) in [6.07, 6.45) is 0.730. The summed E-state index contributed by atoms with van der Waals surface area (Å²) in [5.74, 6) is -0.517. The molecule has 0 fully saturated rings. The molecular weight excluding hydrogens is 389 g/mol. The van der Waals surface area contributed by atoms with Gasteiger partial charge in [0.05, 0.1) is 12.1 Å². The number of rotatable bonds is 5. The number of hydrogen-bond acceptors (Lipinski definition) is 2. The third-order valence-electron chi connectivity index (χ3n) is 5.86. The molecule has 0 bridgehead atoms. The van der Waals surface area contributed by atoms with Crippen molar-refractivity contribution in [2.75, 3.05) is 12.4 Å². The van der Waals surface area contributed by atoms with E-state index in [9.17, 15) is 9.18 Å². The predicted octanol–water partition coefficient (Wildman–Crippen LogP) is 4.39. The maximum Gasteiger partial charge on any atom is 0.238 e. The molecule has 1 amide bonds. The number of alkyl halides is 1. The van der Waals surface area contributed by atoms with E-state index >= 15 is 0 Å². The highest BCUT2D eigenvalue weighted by molar-refractivity contribution is 6.27. The van der Waals surface area contributed by atoms with Gasteiger partial charge in [0.25, 0.3) is 0 Å². The van der Waals surface area contributed by atoms with Gasteiger partial charge >= 0.3 is 0 Å². The van der Waals surface area contributed by atoms with E-state index in [-0.39, 0.29) is 35.7 Å². The van der Waals surface area contributed by atoms with Crippen LogP contribution in [0.3, 0.4) is 0 Å². The fourth-order valence-electron chi connectivity index (χ4n) is 4.56. The largest absolute Gasteiger partial charge is 0.356 e. The van der Waals surface area contributed by atoms with E-state index in [4.69, 9.17) is 11.6 Å². The highest BCUT2D eigenvalue weighted by Crippen LogP contribution is 2.41. The molecule has 3 aromatic rings. The first-order valence-electron chi connectivity index (χ1n) is 10.0. The molecule has 2 heterocycles. The van der Waals surface area contributed by atoms with Crippen LogP contribution in [0.25, 0.3) is 10.9 Å². The standard InChI is InChI=1S/C23H25ClFN3O/c1-3-26-14(2)20-12-18-17-6-4-5-7-19(17)27-22(18)23(28(20)21(29)13-24)15-8-10-16(25)11-9-15/h4-11,14,20,23,26-27H,3,12-13H2,1-2H3/t14?,20?,23-/m0/s1. The Morgan fingerprint density at radius 2 is 2.00 bits per heavy atom. The van der Waals surface area contributed by atoms with Crippen molar-refractivity contribution in [1.29, 1.82) is 0 Å². The van der Waals surface area contributed by atoms with E-state index in [1.54, 1.807) is 12.1 Å². The molecule has 3 atom stereocenters. The van der Waals surface area contributed by atoms with Crippen molar-refractivity contribution in [2.24, 2.45) is 0 Å². The molecule has 2 unspecified atom stereocenters. The van der Waals surface area contributed by atoms with Gasteiger partial charge in [0.2, 0.25) is 5.91 Å². The zero-order valence-electron chi connectivity index (χ0n) is 16.6. The number of aromatic nitrogens is 1. The maximum atomic E-state index is 13.6. The number of amides is 1. The Labute approximate surface area is 175 Å². The number of carbonyl (C=O) groups excluding carboxylic acids is 1. The lowest BCUT2D eigenvalue weighted by molar-refractivity contribution is -0.134. The molecule has 152 valence electrons. The van der Waals surface area contributed by atoms with Crippen LogP contribution < -0.4 is 5.32 Å². The van der Waals surface area contributed by atoms with Gasteiger partial charge in [-0.3, -0.25) is 4.79 Å². The second-order valence-corrected chi connectivity index (χ2v) is 7.84. The average Bonchev–Trinajstić information content (AvgIpc) is 3.11. The van der Waals surface area contributed by atoms with Gasteiger partial charge in [-0.1, -0.05) is 37.3 Å². The number of benzene rings is 2. The predicted molar refractivity (Wildman–Crippen MR) is 115 cm³/mol. The quantitative estimate of drug-likeness (QED) is 0.609. The lowest BCUT2D eigenvalue weighted by Gasteiger charge is -2.45. The Morgan fingerprint density at radius 3 is 2.69 bits per heavy atom. The zero-order chi connectivity index (χ0) is 20.5. The normalized spacial score (nSPS) is 19.9. The molecule has 0 saturated carbocycles. The van der Waals surface area contributed by atoms with Crippen molar-refractivity contribution in [3.05, 3.63) is 71.2 Å². The smallest absolute Gasteiger partial charge is 0.238 e. The number of para-hydroxylation sites is 1. The van der Waals surface area contributed by atoms with Crippen LogP contribution in [-0.4, -0.2) is 40.3 Å². The van der Waals surface area contributed by atoms with Gasteiger partial charge in [-0.25, -0.2) is 4.39 Å². The minimum absolute atomic E-state index is 0.0667. The molecule has 1 aromatic heterocycles. The molecule has 6 heteroatoms. The fraction of sp³-hybridized carbons (Fsp3) is 0.348. The maximum absolute atomic E-state index is 13.6. The molecule has 1 aliphatic rings. The first-order chi connectivity index (χ1) is 14.0. The van der Waals surface area contributed by atoms with Crippen LogP contribution in [0.2, 0.25) is 0 Å². The van der Waals surface area contributed by atoms with Crippen LogP contribution in [0.4, 0.5) is 4.39 Å². The highest BCUT2D eigenvalue weighted by Gasteiger charge is 2.41. The van der Waals surface area contributed by atoms with Gasteiger partial charge in [-0.15, -0.1) is 11.6 Å². The summed E-state index contributed by atoms with van der Waals surface area (Å²) in [7, 11) is 0. The topological polar surface area (TPSA) is 48.1 Å². The lowest BCUT2D eigenvalue weighted by Crippen LogP contribution is -2.56. The summed E-state index contributed by atoms with van der Waals surface area (Å²) in [6, 6.07) is 14.3. The van der Waals surface area contributed by atoms with Crippen molar-refractivity contribution in [3.63, 3.8) is 0 Å². The number of H-pyrrole nitrogens is 1. The van der Waals surface area contributed by atoms with Crippen LogP contribution in [0.15, 0.2) is 48.5 Å². The van der Waals surface area contributed by atoms with Gasteiger partial charge in [0, 0.05) is 22.6 Å². The lowest BCUT2D eigenvalue weighted by atomic mass is 9.85.